The molecule has 1 heterocycles. The van der Waals surface area contributed by atoms with Crippen molar-refractivity contribution in [2.45, 2.75) is 25.4 Å². The van der Waals surface area contributed by atoms with Crippen molar-refractivity contribution in [1.82, 2.24) is 15.1 Å². The molecule has 7 heteroatoms. The number of aryl methyl sites for hydroxylation is 1. The molecule has 0 spiro atoms. The molecule has 0 saturated heterocycles. The van der Waals surface area contributed by atoms with E-state index >= 15 is 0 Å². The molecule has 94 valence electrons. The van der Waals surface area contributed by atoms with Gasteiger partial charge in [-0.2, -0.15) is 5.10 Å². The minimum atomic E-state index is -1.15. The van der Waals surface area contributed by atoms with Crippen LogP contribution in [0.1, 0.15) is 12.8 Å². The Kier molecular flexibility index (Phi) is 5.15. The van der Waals surface area contributed by atoms with E-state index in [4.69, 9.17) is 10.2 Å². The highest BCUT2D eigenvalue weighted by Gasteiger charge is 2.18. The number of rotatable bonds is 7. The number of nitrogens with zero attached hydrogens (tertiary/aromatic N) is 2. The number of aliphatic hydroxyl groups excluding tert-OH is 1. The maximum atomic E-state index is 11.4. The van der Waals surface area contributed by atoms with Crippen molar-refractivity contribution in [3.8, 4) is 0 Å². The van der Waals surface area contributed by atoms with Crippen molar-refractivity contribution in [2.24, 2.45) is 0 Å². The molecule has 1 rings (SSSR count). The van der Waals surface area contributed by atoms with E-state index in [1.165, 1.54) is 0 Å². The van der Waals surface area contributed by atoms with Crippen LogP contribution in [0.25, 0.3) is 0 Å². The Morgan fingerprint density at radius 3 is 2.76 bits per heavy atom. The van der Waals surface area contributed by atoms with Crippen LogP contribution in [0, 0.1) is 0 Å². The van der Waals surface area contributed by atoms with Gasteiger partial charge in [-0.25, -0.2) is 4.79 Å². The molecule has 0 aliphatic heterocycles. The van der Waals surface area contributed by atoms with E-state index in [-0.39, 0.29) is 25.4 Å². The predicted octanol–water partition coefficient (Wildman–Crippen LogP) is -0.775. The van der Waals surface area contributed by atoms with Gasteiger partial charge in [0.2, 0.25) is 5.91 Å². The SMILES string of the molecule is O=C(CCn1cccn1)N[C@H](CCO)C(=O)O. The Bertz CT molecular complexity index is 364. The number of aromatic nitrogens is 2. The number of amides is 1. The molecule has 0 fully saturated rings. The standard InChI is InChI=1S/C10H15N3O4/c14-7-3-8(10(16)17)12-9(15)2-6-13-5-1-4-11-13/h1,4-5,8,14H,2-3,6-7H2,(H,12,15)(H,16,17)/t8-/m1/s1. The molecule has 0 bridgehead atoms. The van der Waals surface area contributed by atoms with Gasteiger partial charge in [-0.15, -0.1) is 0 Å². The summed E-state index contributed by atoms with van der Waals surface area (Å²) in [5, 5.41) is 23.7. The van der Waals surface area contributed by atoms with Crippen LogP contribution in [0.15, 0.2) is 18.5 Å². The number of carbonyl (C=O) groups is 2. The lowest BCUT2D eigenvalue weighted by atomic mass is 10.2. The topological polar surface area (TPSA) is 104 Å². The molecule has 1 amide bonds. The van der Waals surface area contributed by atoms with Gasteiger partial charge in [-0.05, 0) is 6.07 Å². The second kappa shape index (κ2) is 6.64. The number of hydrogen-bond acceptors (Lipinski definition) is 4. The van der Waals surface area contributed by atoms with Gasteiger partial charge in [-0.3, -0.25) is 9.48 Å². The zero-order valence-corrected chi connectivity index (χ0v) is 9.24. The summed E-state index contributed by atoms with van der Waals surface area (Å²) in [6.07, 6.45) is 3.47. The molecule has 3 N–H and O–H groups in total. The van der Waals surface area contributed by atoms with Crippen molar-refractivity contribution < 1.29 is 19.8 Å². The van der Waals surface area contributed by atoms with Gasteiger partial charge in [-0.1, -0.05) is 0 Å². The van der Waals surface area contributed by atoms with E-state index in [0.717, 1.165) is 0 Å². The number of carboxylic acid groups (broad SMARTS) is 1. The quantitative estimate of drug-likeness (QED) is 0.581. The molecular weight excluding hydrogens is 226 g/mol. The molecule has 0 radical (unpaired) electrons. The number of carbonyl (C=O) groups excluding carboxylic acids is 1. The first-order valence-electron chi connectivity index (χ1n) is 5.24. The Balaban J connectivity index is 2.34. The highest BCUT2D eigenvalue weighted by molar-refractivity contribution is 5.83. The van der Waals surface area contributed by atoms with Crippen LogP contribution >= 0.6 is 0 Å². The first kappa shape index (κ1) is 13.2. The monoisotopic (exact) mass is 241 g/mol. The lowest BCUT2D eigenvalue weighted by molar-refractivity contribution is -0.142. The minimum absolute atomic E-state index is 0.00282. The summed E-state index contributed by atoms with van der Waals surface area (Å²) in [5.41, 5.74) is 0. The Hall–Kier alpha value is -1.89. The highest BCUT2D eigenvalue weighted by Crippen LogP contribution is 1.95. The number of hydrogen-bond donors (Lipinski definition) is 3. The minimum Gasteiger partial charge on any atom is -0.480 e. The van der Waals surface area contributed by atoms with Gasteiger partial charge in [0.05, 0.1) is 0 Å². The van der Waals surface area contributed by atoms with Crippen LogP contribution < -0.4 is 5.32 Å². The summed E-state index contributed by atoms with van der Waals surface area (Å²) in [6, 6.07) is 0.703. The summed E-state index contributed by atoms with van der Waals surface area (Å²) < 4.78 is 1.58. The van der Waals surface area contributed by atoms with Gasteiger partial charge in [0.15, 0.2) is 0 Å². The van der Waals surface area contributed by atoms with Crippen LogP contribution in [-0.2, 0) is 16.1 Å². The van der Waals surface area contributed by atoms with E-state index < -0.39 is 12.0 Å². The summed E-state index contributed by atoms with van der Waals surface area (Å²) in [6.45, 7) is 0.112. The second-order valence-corrected chi connectivity index (χ2v) is 3.49. The molecule has 7 nitrogen and oxygen atoms in total. The molecule has 1 aromatic rings. The first-order valence-corrected chi connectivity index (χ1v) is 5.24. The molecule has 0 aliphatic carbocycles. The number of carboxylic acids is 1. The molecule has 1 aromatic heterocycles. The number of aliphatic carboxylic acids is 1. The second-order valence-electron chi connectivity index (χ2n) is 3.49. The van der Waals surface area contributed by atoms with Crippen molar-refractivity contribution in [2.75, 3.05) is 6.61 Å². The van der Waals surface area contributed by atoms with Crippen molar-refractivity contribution in [3.05, 3.63) is 18.5 Å². The van der Waals surface area contributed by atoms with Crippen LogP contribution in [0.3, 0.4) is 0 Å². The normalized spacial score (nSPS) is 12.1. The van der Waals surface area contributed by atoms with E-state index in [0.29, 0.717) is 6.54 Å². The molecule has 0 unspecified atom stereocenters. The molecule has 0 aliphatic rings. The number of aliphatic hydroxyl groups is 1. The van der Waals surface area contributed by atoms with E-state index in [1.807, 2.05) is 0 Å². The van der Waals surface area contributed by atoms with Crippen LogP contribution in [-0.4, -0.2) is 44.5 Å². The van der Waals surface area contributed by atoms with Crippen LogP contribution in [0.4, 0.5) is 0 Å². The fraction of sp³-hybridized carbons (Fsp3) is 0.500. The fourth-order valence-corrected chi connectivity index (χ4v) is 1.30. The van der Waals surface area contributed by atoms with Crippen LogP contribution in [0.2, 0.25) is 0 Å². The van der Waals surface area contributed by atoms with E-state index in [1.54, 1.807) is 23.1 Å². The van der Waals surface area contributed by atoms with E-state index in [2.05, 4.69) is 10.4 Å². The lowest BCUT2D eigenvalue weighted by Gasteiger charge is -2.12. The third-order valence-corrected chi connectivity index (χ3v) is 2.18. The first-order chi connectivity index (χ1) is 8.13. The van der Waals surface area contributed by atoms with Crippen molar-refractivity contribution in [1.29, 1.82) is 0 Å². The molecule has 1 atom stereocenters. The molecule has 0 aromatic carbocycles. The Morgan fingerprint density at radius 2 is 2.24 bits per heavy atom. The Labute approximate surface area is 98.1 Å². The average molecular weight is 241 g/mol. The van der Waals surface area contributed by atoms with Gasteiger partial charge in [0.25, 0.3) is 0 Å². The highest BCUT2D eigenvalue weighted by atomic mass is 16.4. The zero-order valence-electron chi connectivity index (χ0n) is 9.24. The average Bonchev–Trinajstić information content (AvgIpc) is 2.78. The fourth-order valence-electron chi connectivity index (χ4n) is 1.30. The van der Waals surface area contributed by atoms with Gasteiger partial charge < -0.3 is 15.5 Å². The smallest absolute Gasteiger partial charge is 0.326 e. The summed E-state index contributed by atoms with van der Waals surface area (Å²) >= 11 is 0. The Morgan fingerprint density at radius 1 is 1.47 bits per heavy atom. The largest absolute Gasteiger partial charge is 0.480 e. The third kappa shape index (κ3) is 4.64. The van der Waals surface area contributed by atoms with Gasteiger partial charge in [0, 0.05) is 38.4 Å². The summed E-state index contributed by atoms with van der Waals surface area (Å²) in [7, 11) is 0. The maximum Gasteiger partial charge on any atom is 0.326 e. The predicted molar refractivity (Wildman–Crippen MR) is 58.1 cm³/mol. The maximum absolute atomic E-state index is 11.4. The summed E-state index contributed by atoms with van der Waals surface area (Å²) in [5.74, 6) is -1.52. The molecule has 0 saturated carbocycles. The van der Waals surface area contributed by atoms with Crippen molar-refractivity contribution >= 4 is 11.9 Å². The van der Waals surface area contributed by atoms with Crippen LogP contribution in [0.5, 0.6) is 0 Å². The van der Waals surface area contributed by atoms with E-state index in [9.17, 15) is 9.59 Å². The third-order valence-electron chi connectivity index (χ3n) is 2.18. The molecule has 17 heavy (non-hydrogen) atoms. The van der Waals surface area contributed by atoms with Gasteiger partial charge >= 0.3 is 5.97 Å². The lowest BCUT2D eigenvalue weighted by Crippen LogP contribution is -2.41. The number of nitrogens with one attached hydrogen (secondary N) is 1. The molecular formula is C10H15N3O4. The van der Waals surface area contributed by atoms with Crippen molar-refractivity contribution in [3.63, 3.8) is 0 Å². The summed E-state index contributed by atoms with van der Waals surface area (Å²) in [4.78, 5) is 22.1. The zero-order chi connectivity index (χ0) is 12.7. The van der Waals surface area contributed by atoms with Gasteiger partial charge in [0.1, 0.15) is 6.04 Å².